The number of methoxy groups -OCH3 is 1. The summed E-state index contributed by atoms with van der Waals surface area (Å²) in [6.45, 7) is 7.54. The minimum absolute atomic E-state index is 0. The summed E-state index contributed by atoms with van der Waals surface area (Å²) in [7, 11) is 1.71. The molecule has 3 heterocycles. The average molecular weight is 568 g/mol. The van der Waals surface area contributed by atoms with Crippen LogP contribution in [0.1, 0.15) is 62.3 Å². The Labute approximate surface area is 214 Å². The molecule has 1 atom stereocenters. The van der Waals surface area contributed by atoms with Crippen LogP contribution in [0.4, 0.5) is 0 Å². The first kappa shape index (κ1) is 25.7. The Morgan fingerprint density at radius 1 is 1.03 bits per heavy atom. The maximum absolute atomic E-state index is 5.35. The van der Waals surface area contributed by atoms with Crippen molar-refractivity contribution < 1.29 is 4.74 Å². The molecule has 33 heavy (non-hydrogen) atoms. The van der Waals surface area contributed by atoms with Crippen molar-refractivity contribution in [2.24, 2.45) is 4.99 Å². The number of rotatable bonds is 8. The molecule has 0 amide bonds. The van der Waals surface area contributed by atoms with Gasteiger partial charge in [0.25, 0.3) is 0 Å². The molecule has 0 spiro atoms. The number of nitrogens with zero attached hydrogens (tertiary/aromatic N) is 5. The van der Waals surface area contributed by atoms with E-state index in [9.17, 15) is 0 Å². The Kier molecular flexibility index (Phi) is 10.2. The molecule has 2 aromatic rings. The normalized spacial score (nSPS) is 17.6. The van der Waals surface area contributed by atoms with E-state index >= 15 is 0 Å². The van der Waals surface area contributed by atoms with Crippen LogP contribution in [0.5, 0.6) is 5.75 Å². The van der Waals surface area contributed by atoms with Crippen LogP contribution in [0.3, 0.4) is 0 Å². The molecule has 0 bridgehead atoms. The fourth-order valence-electron chi connectivity index (χ4n) is 4.68. The monoisotopic (exact) mass is 567 g/mol. The number of likely N-dealkylation sites (tertiary alicyclic amines) is 1. The maximum atomic E-state index is 5.35. The molecule has 8 nitrogen and oxygen atoms in total. The minimum atomic E-state index is 0. The lowest BCUT2D eigenvalue weighted by atomic mass is 10.1. The molecule has 1 aromatic heterocycles. The highest BCUT2D eigenvalue weighted by molar-refractivity contribution is 14.0. The zero-order valence-electron chi connectivity index (χ0n) is 19.9. The zero-order chi connectivity index (χ0) is 22.2. The number of aryl methyl sites for hydroxylation is 1. The maximum Gasteiger partial charge on any atom is 0.191 e. The summed E-state index contributed by atoms with van der Waals surface area (Å²) in [5.74, 6) is 3.80. The lowest BCUT2D eigenvalue weighted by Gasteiger charge is -2.29. The van der Waals surface area contributed by atoms with Crippen molar-refractivity contribution in [2.75, 3.05) is 33.3 Å². The third-order valence-corrected chi connectivity index (χ3v) is 6.45. The molecule has 2 N–H and O–H groups in total. The Morgan fingerprint density at radius 3 is 2.52 bits per heavy atom. The van der Waals surface area contributed by atoms with E-state index < -0.39 is 0 Å². The third-order valence-electron chi connectivity index (χ3n) is 6.45. The van der Waals surface area contributed by atoms with Crippen molar-refractivity contribution in [3.05, 3.63) is 41.5 Å². The van der Waals surface area contributed by atoms with Crippen LogP contribution >= 0.6 is 24.0 Å². The topological polar surface area (TPSA) is 79.6 Å². The van der Waals surface area contributed by atoms with E-state index in [1.807, 2.05) is 0 Å². The Morgan fingerprint density at radius 2 is 1.79 bits per heavy atom. The van der Waals surface area contributed by atoms with Gasteiger partial charge < -0.3 is 19.9 Å². The highest BCUT2D eigenvalue weighted by Crippen LogP contribution is 2.26. The van der Waals surface area contributed by atoms with Gasteiger partial charge in [-0.05, 0) is 63.4 Å². The van der Waals surface area contributed by atoms with E-state index in [0.717, 1.165) is 62.5 Å². The van der Waals surface area contributed by atoms with Gasteiger partial charge in [0.2, 0.25) is 0 Å². The van der Waals surface area contributed by atoms with Gasteiger partial charge in [0.1, 0.15) is 18.1 Å². The summed E-state index contributed by atoms with van der Waals surface area (Å²) < 4.78 is 7.62. The van der Waals surface area contributed by atoms with E-state index in [4.69, 9.17) is 9.73 Å². The quantitative estimate of drug-likeness (QED) is 0.289. The van der Waals surface area contributed by atoms with E-state index in [2.05, 4.69) is 61.5 Å². The highest BCUT2D eigenvalue weighted by atomic mass is 127. The molecular formula is C24H38IN7O. The summed E-state index contributed by atoms with van der Waals surface area (Å²) in [5, 5.41) is 15.8. The molecule has 4 rings (SSSR count). The third kappa shape index (κ3) is 6.81. The van der Waals surface area contributed by atoms with Gasteiger partial charge >= 0.3 is 0 Å². The van der Waals surface area contributed by atoms with Crippen LogP contribution in [0.15, 0.2) is 29.3 Å². The van der Waals surface area contributed by atoms with Gasteiger partial charge in [-0.2, -0.15) is 0 Å². The van der Waals surface area contributed by atoms with Crippen molar-refractivity contribution in [1.29, 1.82) is 0 Å². The number of aliphatic imine (C=N–C) groups is 1. The molecular weight excluding hydrogens is 529 g/mol. The second-order valence-electron chi connectivity index (χ2n) is 8.60. The minimum Gasteiger partial charge on any atom is -0.497 e. The average Bonchev–Trinajstić information content (AvgIpc) is 3.43. The van der Waals surface area contributed by atoms with Crippen LogP contribution in [0.25, 0.3) is 0 Å². The van der Waals surface area contributed by atoms with Crippen molar-refractivity contribution in [3.63, 3.8) is 0 Å². The Hall–Kier alpha value is -1.88. The molecule has 0 aliphatic carbocycles. The van der Waals surface area contributed by atoms with Gasteiger partial charge in [0.05, 0.1) is 13.2 Å². The van der Waals surface area contributed by atoms with Gasteiger partial charge in [0.15, 0.2) is 11.8 Å². The van der Waals surface area contributed by atoms with Crippen LogP contribution in [-0.2, 0) is 19.5 Å². The summed E-state index contributed by atoms with van der Waals surface area (Å²) in [4.78, 5) is 7.41. The zero-order valence-corrected chi connectivity index (χ0v) is 22.3. The fourth-order valence-corrected chi connectivity index (χ4v) is 4.68. The summed E-state index contributed by atoms with van der Waals surface area (Å²) >= 11 is 0. The molecule has 9 heteroatoms. The van der Waals surface area contributed by atoms with Crippen molar-refractivity contribution >= 4 is 29.9 Å². The largest absolute Gasteiger partial charge is 0.497 e. The van der Waals surface area contributed by atoms with E-state index in [1.165, 1.54) is 37.7 Å². The van der Waals surface area contributed by atoms with Crippen LogP contribution in [0.2, 0.25) is 0 Å². The number of ether oxygens (including phenoxy) is 1. The molecule has 0 radical (unpaired) electrons. The smallest absolute Gasteiger partial charge is 0.191 e. The molecule has 2 aliphatic rings. The van der Waals surface area contributed by atoms with E-state index in [1.54, 1.807) is 7.11 Å². The number of hydrogen-bond acceptors (Lipinski definition) is 5. The summed E-state index contributed by atoms with van der Waals surface area (Å²) in [6.07, 6.45) is 7.21. The number of nitrogens with one attached hydrogen (secondary N) is 2. The van der Waals surface area contributed by atoms with E-state index in [0.29, 0.717) is 12.6 Å². The highest BCUT2D eigenvalue weighted by Gasteiger charge is 2.24. The van der Waals surface area contributed by atoms with Gasteiger partial charge in [-0.1, -0.05) is 18.6 Å². The van der Waals surface area contributed by atoms with Gasteiger partial charge in [-0.25, -0.2) is 4.99 Å². The van der Waals surface area contributed by atoms with Crippen LogP contribution in [0, 0.1) is 0 Å². The second kappa shape index (κ2) is 13.1. The number of guanidine groups is 1. The second-order valence-corrected chi connectivity index (χ2v) is 8.60. The van der Waals surface area contributed by atoms with Crippen LogP contribution < -0.4 is 15.4 Å². The predicted octanol–water partition coefficient (Wildman–Crippen LogP) is 3.52. The first-order chi connectivity index (χ1) is 15.8. The number of fused-ring (bicyclic) bond motifs is 1. The lowest BCUT2D eigenvalue weighted by molar-refractivity contribution is 0.245. The fraction of sp³-hybridized carbons (Fsp3) is 0.625. The first-order valence-corrected chi connectivity index (χ1v) is 12.1. The molecule has 2 aliphatic heterocycles. The molecule has 182 valence electrons. The molecule has 1 unspecified atom stereocenters. The molecule has 1 fully saturated rings. The summed E-state index contributed by atoms with van der Waals surface area (Å²) in [5.41, 5.74) is 1.30. The lowest BCUT2D eigenvalue weighted by Crippen LogP contribution is -2.42. The first-order valence-electron chi connectivity index (χ1n) is 12.1. The standard InChI is InChI=1S/C24H37N7O.HI/c1-3-25-24(27-18-23-29-28-22-9-5-4-6-16-31(22)23)26-17-21(30-14-7-8-15-30)19-10-12-20(32-2)13-11-19;/h10-13,21H,3-9,14-18H2,1-2H3,(H2,25,26,27);1H. The number of benzene rings is 1. The van der Waals surface area contributed by atoms with Crippen molar-refractivity contribution in [2.45, 2.75) is 64.6 Å². The molecule has 1 saturated heterocycles. The molecule has 1 aromatic carbocycles. The Balaban J connectivity index is 0.00000306. The van der Waals surface area contributed by atoms with Crippen LogP contribution in [-0.4, -0.2) is 58.9 Å². The number of halogens is 1. The van der Waals surface area contributed by atoms with Crippen molar-refractivity contribution in [1.82, 2.24) is 30.3 Å². The SMILES string of the molecule is CCNC(=NCc1nnc2n1CCCCC2)NCC(c1ccc(OC)cc1)N1CCCC1.I. The Bertz CT molecular complexity index is 877. The van der Waals surface area contributed by atoms with Gasteiger partial charge in [0, 0.05) is 26.1 Å². The van der Waals surface area contributed by atoms with Crippen molar-refractivity contribution in [3.8, 4) is 5.75 Å². The van der Waals surface area contributed by atoms with Gasteiger partial charge in [-0.15, -0.1) is 34.2 Å². The van der Waals surface area contributed by atoms with E-state index in [-0.39, 0.29) is 24.0 Å². The predicted molar refractivity (Wildman–Crippen MR) is 142 cm³/mol. The number of aromatic nitrogens is 3. The van der Waals surface area contributed by atoms with Gasteiger partial charge in [-0.3, -0.25) is 4.90 Å². The molecule has 0 saturated carbocycles. The summed E-state index contributed by atoms with van der Waals surface area (Å²) in [6, 6.07) is 8.76. The number of hydrogen-bond donors (Lipinski definition) is 2.